The first-order valence-corrected chi connectivity index (χ1v) is 8.91. The van der Waals surface area contributed by atoms with Gasteiger partial charge in [-0.25, -0.2) is 9.59 Å². The normalized spacial score (nSPS) is 28.0. The predicted octanol–water partition coefficient (Wildman–Crippen LogP) is 2.58. The molecule has 1 amide bonds. The summed E-state index contributed by atoms with van der Waals surface area (Å²) in [5.74, 6) is -0.963. The van der Waals surface area contributed by atoms with Crippen LogP contribution >= 0.6 is 0 Å². The highest BCUT2D eigenvalue weighted by molar-refractivity contribution is 5.85. The predicted molar refractivity (Wildman–Crippen MR) is 93.1 cm³/mol. The highest BCUT2D eigenvalue weighted by Crippen LogP contribution is 2.41. The molecule has 0 aromatic heterocycles. The highest BCUT2D eigenvalue weighted by Gasteiger charge is 2.57. The number of fused-ring (bicyclic) bond motifs is 2. The summed E-state index contributed by atoms with van der Waals surface area (Å²) in [5.41, 5.74) is -0.283. The van der Waals surface area contributed by atoms with Crippen LogP contribution in [0.4, 0.5) is 4.79 Å². The Kier molecular flexibility index (Phi) is 4.99. The van der Waals surface area contributed by atoms with E-state index in [0.29, 0.717) is 13.0 Å². The number of carboxylic acids is 1. The largest absolute Gasteiger partial charge is 0.479 e. The van der Waals surface area contributed by atoms with Gasteiger partial charge in [0.15, 0.2) is 0 Å². The number of nitrogens with zero attached hydrogens (tertiary/aromatic N) is 2. The van der Waals surface area contributed by atoms with Crippen molar-refractivity contribution in [2.75, 3.05) is 19.6 Å². The van der Waals surface area contributed by atoms with E-state index in [1.807, 2.05) is 44.2 Å². The molecule has 25 heavy (non-hydrogen) atoms. The fraction of sp³-hybridized carbons (Fsp3) is 0.579. The van der Waals surface area contributed by atoms with Crippen molar-refractivity contribution in [3.05, 3.63) is 35.9 Å². The molecule has 0 saturated carbocycles. The number of aliphatic carboxylic acids is 1. The van der Waals surface area contributed by atoms with Gasteiger partial charge in [0.25, 0.3) is 0 Å². The monoisotopic (exact) mass is 346 g/mol. The molecule has 3 rings (SSSR count). The van der Waals surface area contributed by atoms with E-state index in [2.05, 4.69) is 4.90 Å². The quantitative estimate of drug-likeness (QED) is 0.887. The molecule has 6 nitrogen and oxygen atoms in total. The molecule has 2 aliphatic rings. The topological polar surface area (TPSA) is 70.1 Å². The van der Waals surface area contributed by atoms with Crippen LogP contribution in [-0.4, -0.2) is 58.2 Å². The third-order valence-corrected chi connectivity index (χ3v) is 5.48. The van der Waals surface area contributed by atoms with Crippen LogP contribution in [0.5, 0.6) is 0 Å². The fourth-order valence-electron chi connectivity index (χ4n) is 4.28. The Morgan fingerprint density at radius 3 is 2.68 bits per heavy atom. The van der Waals surface area contributed by atoms with Crippen LogP contribution in [0.25, 0.3) is 0 Å². The lowest BCUT2D eigenvalue weighted by molar-refractivity contribution is -0.159. The van der Waals surface area contributed by atoms with Crippen LogP contribution in [0, 0.1) is 5.92 Å². The summed E-state index contributed by atoms with van der Waals surface area (Å²) in [4.78, 5) is 28.9. The van der Waals surface area contributed by atoms with Crippen molar-refractivity contribution >= 4 is 12.1 Å². The first-order valence-electron chi connectivity index (χ1n) is 8.91. The van der Waals surface area contributed by atoms with E-state index in [1.54, 1.807) is 0 Å². The van der Waals surface area contributed by atoms with E-state index in [0.717, 1.165) is 25.1 Å². The van der Waals surface area contributed by atoms with Gasteiger partial charge in [-0.3, -0.25) is 4.90 Å². The molecule has 2 fully saturated rings. The van der Waals surface area contributed by atoms with Gasteiger partial charge in [-0.2, -0.15) is 0 Å². The second kappa shape index (κ2) is 7.04. The number of carbonyl (C=O) groups excluding carboxylic acids is 1. The van der Waals surface area contributed by atoms with Crippen LogP contribution < -0.4 is 0 Å². The van der Waals surface area contributed by atoms with E-state index in [1.165, 1.54) is 4.90 Å². The third kappa shape index (κ3) is 3.23. The van der Waals surface area contributed by atoms with E-state index in [4.69, 9.17) is 4.74 Å². The van der Waals surface area contributed by atoms with Crippen LogP contribution in [0.3, 0.4) is 0 Å². The molecule has 2 saturated heterocycles. The zero-order valence-corrected chi connectivity index (χ0v) is 14.9. The summed E-state index contributed by atoms with van der Waals surface area (Å²) < 4.78 is 5.50. The van der Waals surface area contributed by atoms with Gasteiger partial charge in [0.05, 0.1) is 0 Å². The molecule has 0 aliphatic carbocycles. The Morgan fingerprint density at radius 1 is 1.32 bits per heavy atom. The van der Waals surface area contributed by atoms with E-state index in [9.17, 15) is 14.7 Å². The van der Waals surface area contributed by atoms with Crippen LogP contribution in [0.2, 0.25) is 0 Å². The first kappa shape index (κ1) is 17.7. The molecule has 2 aliphatic heterocycles. The maximum Gasteiger partial charge on any atom is 0.411 e. The highest BCUT2D eigenvalue weighted by atomic mass is 16.6. The van der Waals surface area contributed by atoms with Crippen LogP contribution in [0.15, 0.2) is 30.3 Å². The minimum atomic E-state index is -1.17. The fourth-order valence-corrected chi connectivity index (χ4v) is 4.28. The Bertz CT molecular complexity index is 634. The molecule has 136 valence electrons. The average Bonchev–Trinajstić information content (AvgIpc) is 2.99. The van der Waals surface area contributed by atoms with Crippen molar-refractivity contribution in [2.45, 2.75) is 44.9 Å². The molecule has 6 heteroatoms. The van der Waals surface area contributed by atoms with Gasteiger partial charge >= 0.3 is 12.1 Å². The Balaban J connectivity index is 1.83. The molecule has 2 bridgehead atoms. The molecule has 0 radical (unpaired) electrons. The molecule has 1 aromatic carbocycles. The number of piperidine rings is 1. The van der Waals surface area contributed by atoms with E-state index >= 15 is 0 Å². The average molecular weight is 346 g/mol. The van der Waals surface area contributed by atoms with Gasteiger partial charge < -0.3 is 14.7 Å². The Labute approximate surface area is 148 Å². The number of hydrogen-bond acceptors (Lipinski definition) is 4. The molecule has 0 spiro atoms. The molecule has 2 heterocycles. The van der Waals surface area contributed by atoms with Gasteiger partial charge in [0.1, 0.15) is 12.1 Å². The van der Waals surface area contributed by atoms with Crippen LogP contribution in [0.1, 0.15) is 32.3 Å². The molecule has 1 N–H and O–H groups in total. The minimum absolute atomic E-state index is 0.0505. The summed E-state index contributed by atoms with van der Waals surface area (Å²) in [7, 11) is 0. The van der Waals surface area contributed by atoms with Crippen molar-refractivity contribution in [3.63, 3.8) is 0 Å². The number of amides is 1. The second-order valence-corrected chi connectivity index (χ2v) is 7.27. The lowest BCUT2D eigenvalue weighted by Gasteiger charge is -2.48. The second-order valence-electron chi connectivity index (χ2n) is 7.27. The SMILES string of the molecule is CC(C)N(C(=O)OCc1ccccc1)C1(C(=O)O)CCN2CCC1C2. The van der Waals surface area contributed by atoms with Crippen LogP contribution in [-0.2, 0) is 16.1 Å². The van der Waals surface area contributed by atoms with Gasteiger partial charge in [-0.1, -0.05) is 30.3 Å². The van der Waals surface area contributed by atoms with Gasteiger partial charge in [-0.15, -0.1) is 0 Å². The summed E-state index contributed by atoms with van der Waals surface area (Å²) in [5, 5.41) is 10.1. The van der Waals surface area contributed by atoms with E-state index < -0.39 is 17.6 Å². The number of carboxylic acid groups (broad SMARTS) is 1. The Morgan fingerprint density at radius 2 is 2.04 bits per heavy atom. The molecular formula is C19H26N2O4. The molecule has 3 atom stereocenters. The summed E-state index contributed by atoms with van der Waals surface area (Å²) in [6, 6.07) is 9.20. The number of hydrogen-bond donors (Lipinski definition) is 1. The zero-order chi connectivity index (χ0) is 18.0. The van der Waals surface area contributed by atoms with Gasteiger partial charge in [0, 0.05) is 25.0 Å². The van der Waals surface area contributed by atoms with Crippen molar-refractivity contribution in [1.29, 1.82) is 0 Å². The molecule has 3 unspecified atom stereocenters. The number of ether oxygens (including phenoxy) is 1. The number of benzene rings is 1. The first-order chi connectivity index (χ1) is 11.9. The summed E-state index contributed by atoms with van der Waals surface area (Å²) in [6.07, 6.45) is 0.717. The zero-order valence-electron chi connectivity index (χ0n) is 14.9. The minimum Gasteiger partial charge on any atom is -0.479 e. The number of carbonyl (C=O) groups is 2. The smallest absolute Gasteiger partial charge is 0.411 e. The Hall–Kier alpha value is -2.08. The van der Waals surface area contributed by atoms with Crippen molar-refractivity contribution < 1.29 is 19.4 Å². The number of rotatable bonds is 5. The van der Waals surface area contributed by atoms with E-state index in [-0.39, 0.29) is 18.6 Å². The third-order valence-electron chi connectivity index (χ3n) is 5.48. The maximum absolute atomic E-state index is 12.9. The van der Waals surface area contributed by atoms with Crippen molar-refractivity contribution in [3.8, 4) is 0 Å². The van der Waals surface area contributed by atoms with Crippen molar-refractivity contribution in [1.82, 2.24) is 9.80 Å². The summed E-state index contributed by atoms with van der Waals surface area (Å²) in [6.45, 7) is 6.21. The maximum atomic E-state index is 12.9. The van der Waals surface area contributed by atoms with Crippen molar-refractivity contribution in [2.24, 2.45) is 5.92 Å². The van der Waals surface area contributed by atoms with Gasteiger partial charge in [-0.05, 0) is 38.8 Å². The lowest BCUT2D eigenvalue weighted by atomic mass is 9.76. The standard InChI is InChI=1S/C19H26N2O4/c1-14(2)21(18(24)25-13-15-6-4-3-5-7-15)19(17(22)23)9-11-20-10-8-16(19)12-20/h3-7,14,16H,8-13H2,1-2H3,(H,22,23). The summed E-state index contributed by atoms with van der Waals surface area (Å²) >= 11 is 0. The molecule has 1 aromatic rings. The van der Waals surface area contributed by atoms with Gasteiger partial charge in [0.2, 0.25) is 0 Å². The molecular weight excluding hydrogens is 320 g/mol. The lowest BCUT2D eigenvalue weighted by Crippen LogP contribution is -2.66.